The molecule has 5 heteroatoms. The lowest BCUT2D eigenvalue weighted by Gasteiger charge is -2.23. The van der Waals surface area contributed by atoms with Crippen LogP contribution in [0.15, 0.2) is 35.0 Å². The van der Waals surface area contributed by atoms with Crippen LogP contribution in [0.25, 0.3) is 0 Å². The van der Waals surface area contributed by atoms with Gasteiger partial charge in [-0.3, -0.25) is 4.79 Å². The van der Waals surface area contributed by atoms with E-state index in [0.29, 0.717) is 12.6 Å². The van der Waals surface area contributed by atoms with E-state index < -0.39 is 0 Å². The van der Waals surface area contributed by atoms with E-state index >= 15 is 0 Å². The molecule has 1 saturated carbocycles. The molecule has 1 fully saturated rings. The van der Waals surface area contributed by atoms with Crippen molar-refractivity contribution in [2.75, 3.05) is 14.2 Å². The third kappa shape index (κ3) is 3.09. The van der Waals surface area contributed by atoms with E-state index in [1.54, 1.807) is 25.6 Å². The number of benzene rings is 1. The number of hydrogen-bond acceptors (Lipinski definition) is 4. The van der Waals surface area contributed by atoms with Gasteiger partial charge in [0.05, 0.1) is 19.8 Å². The first-order valence-corrected chi connectivity index (χ1v) is 8.21. The van der Waals surface area contributed by atoms with Crippen molar-refractivity contribution in [3.63, 3.8) is 0 Å². The molecule has 0 bridgehead atoms. The van der Waals surface area contributed by atoms with Crippen molar-refractivity contribution < 1.29 is 14.3 Å². The highest BCUT2D eigenvalue weighted by Crippen LogP contribution is 2.33. The van der Waals surface area contributed by atoms with Gasteiger partial charge in [-0.1, -0.05) is 0 Å². The molecular weight excluding hydrogens is 298 g/mol. The van der Waals surface area contributed by atoms with Crippen molar-refractivity contribution >= 4 is 17.2 Å². The van der Waals surface area contributed by atoms with Gasteiger partial charge in [-0.05, 0) is 36.4 Å². The van der Waals surface area contributed by atoms with Crippen LogP contribution in [-0.2, 0) is 6.54 Å². The summed E-state index contributed by atoms with van der Waals surface area (Å²) in [7, 11) is 3.27. The molecule has 0 unspecified atom stereocenters. The minimum Gasteiger partial charge on any atom is -0.497 e. The van der Waals surface area contributed by atoms with E-state index in [2.05, 4.69) is 0 Å². The predicted molar refractivity (Wildman–Crippen MR) is 86.8 cm³/mol. The van der Waals surface area contributed by atoms with Crippen LogP contribution in [0.5, 0.6) is 11.5 Å². The SMILES string of the molecule is COc1ccc(CN(C(=O)c2ccsc2)C2CC2)c(OC)c1. The minimum atomic E-state index is 0.0987. The molecule has 3 rings (SSSR count). The van der Waals surface area contributed by atoms with Gasteiger partial charge >= 0.3 is 0 Å². The second kappa shape index (κ2) is 6.40. The quantitative estimate of drug-likeness (QED) is 0.817. The lowest BCUT2D eigenvalue weighted by molar-refractivity contribution is 0.0729. The van der Waals surface area contributed by atoms with Crippen LogP contribution < -0.4 is 9.47 Å². The maximum Gasteiger partial charge on any atom is 0.255 e. The molecule has 1 aromatic carbocycles. The normalized spacial score (nSPS) is 13.7. The number of hydrogen-bond donors (Lipinski definition) is 0. The van der Waals surface area contributed by atoms with E-state index in [1.165, 1.54) is 0 Å². The number of rotatable bonds is 6. The second-order valence-electron chi connectivity index (χ2n) is 5.35. The van der Waals surface area contributed by atoms with E-state index in [-0.39, 0.29) is 5.91 Å². The van der Waals surface area contributed by atoms with Crippen molar-refractivity contribution in [2.45, 2.75) is 25.4 Å². The van der Waals surface area contributed by atoms with E-state index in [9.17, 15) is 4.79 Å². The lowest BCUT2D eigenvalue weighted by Crippen LogP contribution is -2.32. The number of carbonyl (C=O) groups excluding carboxylic acids is 1. The summed E-state index contributed by atoms with van der Waals surface area (Å²) >= 11 is 1.55. The Bertz CT molecular complexity index is 650. The summed E-state index contributed by atoms with van der Waals surface area (Å²) in [5.74, 6) is 1.60. The minimum absolute atomic E-state index is 0.0987. The Hall–Kier alpha value is -2.01. The zero-order valence-corrected chi connectivity index (χ0v) is 13.6. The average molecular weight is 317 g/mol. The molecule has 1 aromatic heterocycles. The molecule has 0 saturated heterocycles. The highest BCUT2D eigenvalue weighted by atomic mass is 32.1. The summed E-state index contributed by atoms with van der Waals surface area (Å²) < 4.78 is 10.7. The Morgan fingerprint density at radius 1 is 1.27 bits per heavy atom. The second-order valence-corrected chi connectivity index (χ2v) is 6.13. The number of thiophene rings is 1. The summed E-state index contributed by atoms with van der Waals surface area (Å²) in [5, 5.41) is 3.84. The van der Waals surface area contributed by atoms with Gasteiger partial charge in [-0.25, -0.2) is 0 Å². The van der Waals surface area contributed by atoms with Gasteiger partial charge in [0.25, 0.3) is 5.91 Å². The standard InChI is InChI=1S/C17H19NO3S/c1-20-15-6-3-12(16(9-15)21-2)10-18(14-4-5-14)17(19)13-7-8-22-11-13/h3,6-9,11,14H,4-5,10H2,1-2H3. The predicted octanol–water partition coefficient (Wildman–Crippen LogP) is 3.57. The third-order valence-corrected chi connectivity index (χ3v) is 4.53. The van der Waals surface area contributed by atoms with Gasteiger partial charge in [0.1, 0.15) is 11.5 Å². The van der Waals surface area contributed by atoms with Crippen LogP contribution in [0.2, 0.25) is 0 Å². The maximum absolute atomic E-state index is 12.7. The van der Waals surface area contributed by atoms with Crippen molar-refractivity contribution in [3.8, 4) is 11.5 Å². The lowest BCUT2D eigenvalue weighted by atomic mass is 10.1. The molecule has 2 aromatic rings. The van der Waals surface area contributed by atoms with Crippen LogP contribution in [0, 0.1) is 0 Å². The van der Waals surface area contributed by atoms with Gasteiger partial charge in [0.15, 0.2) is 0 Å². The molecule has 0 aliphatic heterocycles. The van der Waals surface area contributed by atoms with Crippen molar-refractivity contribution in [3.05, 3.63) is 46.2 Å². The summed E-state index contributed by atoms with van der Waals surface area (Å²) in [4.78, 5) is 14.6. The fourth-order valence-corrected chi connectivity index (χ4v) is 3.10. The van der Waals surface area contributed by atoms with Crippen LogP contribution in [0.1, 0.15) is 28.8 Å². The van der Waals surface area contributed by atoms with Gasteiger partial charge < -0.3 is 14.4 Å². The fourth-order valence-electron chi connectivity index (χ4n) is 2.47. The van der Waals surface area contributed by atoms with E-state index in [0.717, 1.165) is 35.5 Å². The van der Waals surface area contributed by atoms with Crippen LogP contribution in [-0.4, -0.2) is 31.1 Å². The van der Waals surface area contributed by atoms with Crippen molar-refractivity contribution in [2.24, 2.45) is 0 Å². The Balaban J connectivity index is 1.84. The molecule has 1 amide bonds. The number of ether oxygens (including phenoxy) is 2. The molecular formula is C17H19NO3S. The summed E-state index contributed by atoms with van der Waals surface area (Å²) in [6, 6.07) is 7.95. The fraction of sp³-hybridized carbons (Fsp3) is 0.353. The smallest absolute Gasteiger partial charge is 0.255 e. The van der Waals surface area contributed by atoms with Gasteiger partial charge in [-0.2, -0.15) is 11.3 Å². The van der Waals surface area contributed by atoms with E-state index in [1.807, 2.05) is 39.9 Å². The topological polar surface area (TPSA) is 38.8 Å². The monoisotopic (exact) mass is 317 g/mol. The average Bonchev–Trinajstić information content (AvgIpc) is 3.24. The summed E-state index contributed by atoms with van der Waals surface area (Å²) in [6.45, 7) is 0.562. The van der Waals surface area contributed by atoms with E-state index in [4.69, 9.17) is 9.47 Å². The van der Waals surface area contributed by atoms with Crippen LogP contribution >= 0.6 is 11.3 Å². The molecule has 0 spiro atoms. The number of amides is 1. The molecule has 22 heavy (non-hydrogen) atoms. The molecule has 1 aliphatic carbocycles. The molecule has 1 aliphatic rings. The first kappa shape index (κ1) is 14.9. The van der Waals surface area contributed by atoms with Crippen molar-refractivity contribution in [1.29, 1.82) is 0 Å². The number of carbonyl (C=O) groups is 1. The highest BCUT2D eigenvalue weighted by molar-refractivity contribution is 7.08. The molecule has 116 valence electrons. The first-order valence-electron chi connectivity index (χ1n) is 7.27. The Labute approximate surface area is 134 Å². The Kier molecular flexibility index (Phi) is 4.34. The molecule has 0 N–H and O–H groups in total. The van der Waals surface area contributed by atoms with Gasteiger partial charge in [0.2, 0.25) is 0 Å². The molecule has 0 radical (unpaired) electrons. The van der Waals surface area contributed by atoms with Gasteiger partial charge in [-0.15, -0.1) is 0 Å². The summed E-state index contributed by atoms with van der Waals surface area (Å²) in [5.41, 5.74) is 1.77. The number of methoxy groups -OCH3 is 2. The first-order chi connectivity index (χ1) is 10.7. The maximum atomic E-state index is 12.7. The largest absolute Gasteiger partial charge is 0.497 e. The molecule has 4 nitrogen and oxygen atoms in total. The Morgan fingerprint density at radius 2 is 2.09 bits per heavy atom. The zero-order chi connectivity index (χ0) is 15.5. The number of nitrogens with zero attached hydrogens (tertiary/aromatic N) is 1. The highest BCUT2D eigenvalue weighted by Gasteiger charge is 2.33. The van der Waals surface area contributed by atoms with Crippen LogP contribution in [0.4, 0.5) is 0 Å². The van der Waals surface area contributed by atoms with Crippen molar-refractivity contribution in [1.82, 2.24) is 4.90 Å². The summed E-state index contributed by atoms with van der Waals surface area (Å²) in [6.07, 6.45) is 2.16. The zero-order valence-electron chi connectivity index (χ0n) is 12.7. The Morgan fingerprint density at radius 3 is 2.68 bits per heavy atom. The third-order valence-electron chi connectivity index (χ3n) is 3.85. The molecule has 0 atom stereocenters. The molecule has 1 heterocycles. The van der Waals surface area contributed by atoms with Gasteiger partial charge in [0, 0.05) is 29.6 Å². The van der Waals surface area contributed by atoms with Crippen LogP contribution in [0.3, 0.4) is 0 Å².